The molecule has 1 fully saturated rings. The number of carbonyl (C=O) groups is 2. The lowest BCUT2D eigenvalue weighted by Crippen LogP contribution is -2.44. The Bertz CT molecular complexity index is 546. The van der Waals surface area contributed by atoms with Crippen LogP contribution >= 0.6 is 23.2 Å². The highest BCUT2D eigenvalue weighted by molar-refractivity contribution is 6.39. The van der Waals surface area contributed by atoms with Gasteiger partial charge in [0.1, 0.15) is 0 Å². The van der Waals surface area contributed by atoms with Crippen LogP contribution in [-0.2, 0) is 9.53 Å². The quantitative estimate of drug-likeness (QED) is 0.787. The fourth-order valence-corrected chi connectivity index (χ4v) is 3.40. The van der Waals surface area contributed by atoms with Crippen LogP contribution in [0, 0.1) is 11.8 Å². The Morgan fingerprint density at radius 2 is 1.73 bits per heavy atom. The van der Waals surface area contributed by atoms with E-state index in [0.29, 0.717) is 24.9 Å². The van der Waals surface area contributed by atoms with Gasteiger partial charge >= 0.3 is 5.97 Å². The molecule has 2 atom stereocenters. The predicted octanol–water partition coefficient (Wildman–Crippen LogP) is 3.65. The number of hydrogen-bond donors (Lipinski definition) is 0. The molecular weight excluding hydrogens is 325 g/mol. The van der Waals surface area contributed by atoms with Crippen LogP contribution in [0.15, 0.2) is 18.2 Å². The smallest absolute Gasteiger partial charge is 0.341 e. The molecular formula is C16H19Cl2NO3. The third-order valence-electron chi connectivity index (χ3n) is 3.72. The first-order valence-corrected chi connectivity index (χ1v) is 8.03. The van der Waals surface area contributed by atoms with Gasteiger partial charge in [-0.25, -0.2) is 4.79 Å². The van der Waals surface area contributed by atoms with E-state index in [-0.39, 0.29) is 28.1 Å². The highest BCUT2D eigenvalue weighted by atomic mass is 35.5. The largest absolute Gasteiger partial charge is 0.452 e. The molecule has 120 valence electrons. The third-order valence-corrected chi connectivity index (χ3v) is 4.35. The van der Waals surface area contributed by atoms with E-state index in [0.717, 1.165) is 6.42 Å². The van der Waals surface area contributed by atoms with Crippen molar-refractivity contribution < 1.29 is 14.3 Å². The van der Waals surface area contributed by atoms with Gasteiger partial charge in [-0.05, 0) is 30.4 Å². The minimum Gasteiger partial charge on any atom is -0.452 e. The van der Waals surface area contributed by atoms with Gasteiger partial charge in [-0.2, -0.15) is 0 Å². The molecule has 0 radical (unpaired) electrons. The van der Waals surface area contributed by atoms with E-state index in [1.54, 1.807) is 23.1 Å². The van der Waals surface area contributed by atoms with Gasteiger partial charge in [0.15, 0.2) is 6.61 Å². The summed E-state index contributed by atoms with van der Waals surface area (Å²) in [6.45, 7) is 5.35. The summed E-state index contributed by atoms with van der Waals surface area (Å²) < 4.78 is 5.08. The van der Waals surface area contributed by atoms with Crippen LogP contribution in [0.2, 0.25) is 10.0 Å². The summed E-state index contributed by atoms with van der Waals surface area (Å²) in [5, 5.41) is 0.426. The van der Waals surface area contributed by atoms with Gasteiger partial charge in [-0.3, -0.25) is 4.79 Å². The van der Waals surface area contributed by atoms with Crippen LogP contribution in [0.4, 0.5) is 0 Å². The molecule has 1 aromatic rings. The van der Waals surface area contributed by atoms with Crippen LogP contribution in [-0.4, -0.2) is 36.5 Å². The van der Waals surface area contributed by atoms with E-state index in [4.69, 9.17) is 27.9 Å². The van der Waals surface area contributed by atoms with Crippen molar-refractivity contribution in [1.82, 2.24) is 4.90 Å². The van der Waals surface area contributed by atoms with Crippen LogP contribution < -0.4 is 0 Å². The Hall–Kier alpha value is -1.26. The van der Waals surface area contributed by atoms with E-state index >= 15 is 0 Å². The number of esters is 1. The van der Waals surface area contributed by atoms with Gasteiger partial charge in [-0.15, -0.1) is 0 Å². The van der Waals surface area contributed by atoms with Crippen molar-refractivity contribution >= 4 is 35.1 Å². The second-order valence-electron chi connectivity index (χ2n) is 5.92. The molecule has 0 aliphatic carbocycles. The molecule has 22 heavy (non-hydrogen) atoms. The molecule has 1 aromatic carbocycles. The molecule has 1 aliphatic rings. The third kappa shape index (κ3) is 4.14. The molecule has 0 N–H and O–H groups in total. The molecule has 2 unspecified atom stereocenters. The first kappa shape index (κ1) is 17.1. The summed E-state index contributed by atoms with van der Waals surface area (Å²) in [5.41, 5.74) is 0.0963. The van der Waals surface area contributed by atoms with E-state index in [1.165, 1.54) is 0 Å². The first-order valence-electron chi connectivity index (χ1n) is 7.27. The lowest BCUT2D eigenvalue weighted by atomic mass is 9.92. The number of piperidine rings is 1. The maximum absolute atomic E-state index is 12.2. The van der Waals surface area contributed by atoms with E-state index in [9.17, 15) is 9.59 Å². The van der Waals surface area contributed by atoms with Crippen molar-refractivity contribution in [3.8, 4) is 0 Å². The minimum atomic E-state index is -0.679. The number of ether oxygens (including phenoxy) is 1. The monoisotopic (exact) mass is 343 g/mol. The lowest BCUT2D eigenvalue weighted by Gasteiger charge is -2.34. The van der Waals surface area contributed by atoms with Gasteiger partial charge in [0.25, 0.3) is 5.91 Å². The summed E-state index contributed by atoms with van der Waals surface area (Å²) in [6, 6.07) is 4.75. The Balaban J connectivity index is 1.95. The van der Waals surface area contributed by atoms with Crippen molar-refractivity contribution in [2.45, 2.75) is 20.3 Å². The van der Waals surface area contributed by atoms with Gasteiger partial charge in [0.2, 0.25) is 0 Å². The highest BCUT2D eigenvalue weighted by Gasteiger charge is 2.26. The second-order valence-corrected chi connectivity index (χ2v) is 6.73. The summed E-state index contributed by atoms with van der Waals surface area (Å²) in [5.74, 6) is 0.0554. The molecule has 2 rings (SSSR count). The van der Waals surface area contributed by atoms with Crippen LogP contribution in [0.5, 0.6) is 0 Å². The SMILES string of the molecule is CC1CC(C)CN(C(=O)COC(=O)c2c(Cl)cccc2Cl)C1. The maximum Gasteiger partial charge on any atom is 0.341 e. The zero-order valence-electron chi connectivity index (χ0n) is 12.6. The van der Waals surface area contributed by atoms with E-state index in [2.05, 4.69) is 13.8 Å². The van der Waals surface area contributed by atoms with Crippen molar-refractivity contribution in [3.63, 3.8) is 0 Å². The van der Waals surface area contributed by atoms with Gasteiger partial charge in [0, 0.05) is 13.1 Å². The fraction of sp³-hybridized carbons (Fsp3) is 0.500. The Kier molecular flexibility index (Phi) is 5.70. The zero-order chi connectivity index (χ0) is 16.3. The number of amides is 1. The maximum atomic E-state index is 12.2. The van der Waals surface area contributed by atoms with Crippen LogP contribution in [0.25, 0.3) is 0 Å². The molecule has 0 spiro atoms. The van der Waals surface area contributed by atoms with Gasteiger partial charge in [-0.1, -0.05) is 43.1 Å². The predicted molar refractivity (Wildman–Crippen MR) is 86.3 cm³/mol. The summed E-state index contributed by atoms with van der Waals surface area (Å²) in [7, 11) is 0. The first-order chi connectivity index (χ1) is 10.4. The number of halogens is 2. The molecule has 0 bridgehead atoms. The number of benzene rings is 1. The number of rotatable bonds is 3. The Labute approximate surface area is 140 Å². The minimum absolute atomic E-state index is 0.0963. The van der Waals surface area contributed by atoms with Crippen molar-refractivity contribution in [1.29, 1.82) is 0 Å². The lowest BCUT2D eigenvalue weighted by molar-refractivity contribution is -0.137. The summed E-state index contributed by atoms with van der Waals surface area (Å²) >= 11 is 11.9. The van der Waals surface area contributed by atoms with Gasteiger partial charge in [0.05, 0.1) is 15.6 Å². The van der Waals surface area contributed by atoms with Gasteiger partial charge < -0.3 is 9.64 Å². The molecule has 1 saturated heterocycles. The standard InChI is InChI=1S/C16H19Cl2NO3/c1-10-6-11(2)8-19(7-10)14(20)9-22-16(21)15-12(17)4-3-5-13(15)18/h3-5,10-11H,6-9H2,1-2H3. The summed E-state index contributed by atoms with van der Waals surface area (Å²) in [6.07, 6.45) is 1.11. The number of nitrogens with zero attached hydrogens (tertiary/aromatic N) is 1. The number of carbonyl (C=O) groups excluding carboxylic acids is 2. The van der Waals surface area contributed by atoms with Crippen molar-refractivity contribution in [2.75, 3.05) is 19.7 Å². The Morgan fingerprint density at radius 1 is 1.18 bits per heavy atom. The second kappa shape index (κ2) is 7.34. The molecule has 0 saturated carbocycles. The van der Waals surface area contributed by atoms with E-state index < -0.39 is 5.97 Å². The van der Waals surface area contributed by atoms with E-state index in [1.807, 2.05) is 0 Å². The zero-order valence-corrected chi connectivity index (χ0v) is 14.2. The summed E-state index contributed by atoms with van der Waals surface area (Å²) in [4.78, 5) is 26.0. The topological polar surface area (TPSA) is 46.6 Å². The molecule has 4 nitrogen and oxygen atoms in total. The molecule has 0 aromatic heterocycles. The number of hydrogen-bond acceptors (Lipinski definition) is 3. The van der Waals surface area contributed by atoms with Crippen molar-refractivity contribution in [2.24, 2.45) is 11.8 Å². The average molecular weight is 344 g/mol. The normalized spacial score (nSPS) is 21.5. The van der Waals surface area contributed by atoms with Crippen LogP contribution in [0.1, 0.15) is 30.6 Å². The van der Waals surface area contributed by atoms with Crippen LogP contribution in [0.3, 0.4) is 0 Å². The fourth-order valence-electron chi connectivity index (χ4n) is 2.85. The molecule has 6 heteroatoms. The molecule has 1 aliphatic heterocycles. The van der Waals surface area contributed by atoms with Crippen molar-refractivity contribution in [3.05, 3.63) is 33.8 Å². The number of likely N-dealkylation sites (tertiary alicyclic amines) is 1. The highest BCUT2D eigenvalue weighted by Crippen LogP contribution is 2.25. The molecule has 1 amide bonds. The Morgan fingerprint density at radius 3 is 2.27 bits per heavy atom. The average Bonchev–Trinajstić information content (AvgIpc) is 2.43. The molecule has 1 heterocycles.